The Labute approximate surface area is 98.6 Å². The Balaban J connectivity index is 3.51. The first-order valence-corrected chi connectivity index (χ1v) is 4.87. The summed E-state index contributed by atoms with van der Waals surface area (Å²) >= 11 is 10.7. The van der Waals surface area contributed by atoms with E-state index in [9.17, 15) is 18.0 Å². The molecular formula is C9H5Cl2F3O2. The van der Waals surface area contributed by atoms with Gasteiger partial charge in [-0.3, -0.25) is 4.79 Å². The van der Waals surface area contributed by atoms with Gasteiger partial charge >= 0.3 is 6.18 Å². The van der Waals surface area contributed by atoms with Crippen molar-refractivity contribution in [3.63, 3.8) is 0 Å². The molecule has 0 atom stereocenters. The van der Waals surface area contributed by atoms with E-state index in [1.807, 2.05) is 0 Å². The summed E-state index contributed by atoms with van der Waals surface area (Å²) < 4.78 is 37.6. The fraction of sp³-hybridized carbons (Fsp3) is 0.222. The van der Waals surface area contributed by atoms with Crippen molar-refractivity contribution in [2.24, 2.45) is 0 Å². The van der Waals surface area contributed by atoms with Crippen LogP contribution >= 0.6 is 23.2 Å². The fourth-order valence-corrected chi connectivity index (χ4v) is 1.62. The van der Waals surface area contributed by atoms with Crippen LogP contribution in [0.3, 0.4) is 0 Å². The number of rotatable bonds is 2. The van der Waals surface area contributed by atoms with Crippen molar-refractivity contribution in [2.45, 2.75) is 6.18 Å². The van der Waals surface area contributed by atoms with E-state index < -0.39 is 39.7 Å². The van der Waals surface area contributed by atoms with E-state index in [4.69, 9.17) is 28.3 Å². The van der Waals surface area contributed by atoms with Crippen LogP contribution in [0.5, 0.6) is 5.75 Å². The Hall–Kier alpha value is -0.940. The van der Waals surface area contributed by atoms with Gasteiger partial charge in [0.2, 0.25) is 0 Å². The number of benzene rings is 1. The summed E-state index contributed by atoms with van der Waals surface area (Å²) in [6.45, 7) is 0. The van der Waals surface area contributed by atoms with Gasteiger partial charge in [0.25, 0.3) is 0 Å². The van der Waals surface area contributed by atoms with Crippen LogP contribution in [0, 0.1) is 0 Å². The van der Waals surface area contributed by atoms with E-state index in [0.29, 0.717) is 6.07 Å². The van der Waals surface area contributed by atoms with Crippen LogP contribution in [0.2, 0.25) is 5.02 Å². The molecule has 0 radical (unpaired) electrons. The van der Waals surface area contributed by atoms with Gasteiger partial charge in [-0.15, -0.1) is 11.6 Å². The Bertz CT molecular complexity index is 429. The minimum Gasteiger partial charge on any atom is -0.508 e. The van der Waals surface area contributed by atoms with E-state index >= 15 is 0 Å². The third-order valence-electron chi connectivity index (χ3n) is 1.78. The first kappa shape index (κ1) is 13.1. The Morgan fingerprint density at radius 1 is 1.38 bits per heavy atom. The first-order chi connectivity index (χ1) is 7.27. The van der Waals surface area contributed by atoms with Crippen LogP contribution in [0.1, 0.15) is 15.9 Å². The number of hydrogen-bond acceptors (Lipinski definition) is 2. The zero-order valence-electron chi connectivity index (χ0n) is 7.61. The maximum atomic E-state index is 12.5. The van der Waals surface area contributed by atoms with Gasteiger partial charge in [0, 0.05) is 5.56 Å². The minimum atomic E-state index is -4.78. The fourth-order valence-electron chi connectivity index (χ4n) is 1.17. The van der Waals surface area contributed by atoms with Crippen LogP contribution in [0.25, 0.3) is 0 Å². The molecule has 1 aromatic rings. The summed E-state index contributed by atoms with van der Waals surface area (Å²) in [5.74, 6) is -2.23. The van der Waals surface area contributed by atoms with Crippen molar-refractivity contribution < 1.29 is 23.1 Å². The molecule has 1 aromatic carbocycles. The zero-order chi connectivity index (χ0) is 12.5. The molecule has 1 N–H and O–H groups in total. The molecule has 0 aromatic heterocycles. The predicted octanol–water partition coefficient (Wildman–Crippen LogP) is 3.49. The summed E-state index contributed by atoms with van der Waals surface area (Å²) in [4.78, 5) is 11.2. The quantitative estimate of drug-likeness (QED) is 0.661. The topological polar surface area (TPSA) is 37.3 Å². The lowest BCUT2D eigenvalue weighted by Crippen LogP contribution is -2.14. The van der Waals surface area contributed by atoms with Crippen LogP contribution < -0.4 is 0 Å². The van der Waals surface area contributed by atoms with Crippen LogP contribution in [-0.4, -0.2) is 16.8 Å². The van der Waals surface area contributed by atoms with Gasteiger partial charge in [0.15, 0.2) is 5.78 Å². The number of carbonyl (C=O) groups is 1. The molecule has 0 amide bonds. The summed E-state index contributed by atoms with van der Waals surface area (Å²) in [6.07, 6.45) is -4.78. The van der Waals surface area contributed by atoms with Gasteiger partial charge in [0.05, 0.1) is 16.5 Å². The van der Waals surface area contributed by atoms with Crippen LogP contribution in [0.4, 0.5) is 13.2 Å². The number of aromatic hydroxyl groups is 1. The van der Waals surface area contributed by atoms with Crippen molar-refractivity contribution >= 4 is 29.0 Å². The third-order valence-corrected chi connectivity index (χ3v) is 2.32. The highest BCUT2D eigenvalue weighted by atomic mass is 35.5. The van der Waals surface area contributed by atoms with Crippen molar-refractivity contribution in [3.05, 3.63) is 28.3 Å². The molecule has 0 heterocycles. The largest absolute Gasteiger partial charge is 0.508 e. The molecule has 0 aliphatic carbocycles. The van der Waals surface area contributed by atoms with Gasteiger partial charge in [0.1, 0.15) is 5.75 Å². The molecule has 0 saturated heterocycles. The summed E-state index contributed by atoms with van der Waals surface area (Å²) in [6, 6.07) is 1.29. The summed E-state index contributed by atoms with van der Waals surface area (Å²) in [7, 11) is 0. The minimum absolute atomic E-state index is 0.436. The van der Waals surface area contributed by atoms with E-state index in [1.165, 1.54) is 0 Å². The molecule has 0 spiro atoms. The molecule has 88 valence electrons. The van der Waals surface area contributed by atoms with Gasteiger partial charge in [-0.05, 0) is 12.1 Å². The van der Waals surface area contributed by atoms with Crippen molar-refractivity contribution in [3.8, 4) is 5.75 Å². The van der Waals surface area contributed by atoms with Crippen LogP contribution in [-0.2, 0) is 6.18 Å². The highest BCUT2D eigenvalue weighted by Gasteiger charge is 2.36. The predicted molar refractivity (Wildman–Crippen MR) is 53.2 cm³/mol. The number of alkyl halides is 4. The third kappa shape index (κ3) is 2.59. The van der Waals surface area contributed by atoms with E-state index in [0.717, 1.165) is 6.07 Å². The molecule has 0 aliphatic rings. The van der Waals surface area contributed by atoms with E-state index in [1.54, 1.807) is 0 Å². The second-order valence-corrected chi connectivity index (χ2v) is 3.58. The normalized spacial score (nSPS) is 11.6. The number of hydrogen-bond donors (Lipinski definition) is 1. The number of halogens is 5. The number of phenolic OH excluding ortho intramolecular Hbond substituents is 1. The SMILES string of the molecule is O=C(CCl)c1c(Cl)cc(O)cc1C(F)(F)F. The average Bonchev–Trinajstić information content (AvgIpc) is 2.14. The highest BCUT2D eigenvalue weighted by Crippen LogP contribution is 2.38. The van der Waals surface area contributed by atoms with Crippen molar-refractivity contribution in [1.29, 1.82) is 0 Å². The summed E-state index contributed by atoms with van der Waals surface area (Å²) in [5.41, 5.74) is -2.01. The molecule has 1 rings (SSSR count). The van der Waals surface area contributed by atoms with Crippen LogP contribution in [0.15, 0.2) is 12.1 Å². The van der Waals surface area contributed by atoms with Crippen molar-refractivity contribution in [1.82, 2.24) is 0 Å². The Morgan fingerprint density at radius 2 is 1.94 bits per heavy atom. The molecule has 7 heteroatoms. The Morgan fingerprint density at radius 3 is 2.38 bits per heavy atom. The standard InChI is InChI=1S/C9H5Cl2F3O2/c10-3-7(16)8-5(9(12,13)14)1-4(15)2-6(8)11/h1-2,15H,3H2. The smallest absolute Gasteiger partial charge is 0.417 e. The Kier molecular flexibility index (Phi) is 3.70. The maximum absolute atomic E-state index is 12.5. The first-order valence-electron chi connectivity index (χ1n) is 3.96. The highest BCUT2D eigenvalue weighted by molar-refractivity contribution is 6.37. The van der Waals surface area contributed by atoms with Gasteiger partial charge in [-0.2, -0.15) is 13.2 Å². The lowest BCUT2D eigenvalue weighted by Gasteiger charge is -2.13. The molecule has 0 unspecified atom stereocenters. The molecule has 0 saturated carbocycles. The zero-order valence-corrected chi connectivity index (χ0v) is 9.12. The number of ketones is 1. The van der Waals surface area contributed by atoms with Gasteiger partial charge in [-0.25, -0.2) is 0 Å². The monoisotopic (exact) mass is 272 g/mol. The molecule has 0 bridgehead atoms. The number of carbonyl (C=O) groups excluding carboxylic acids is 1. The second kappa shape index (κ2) is 4.51. The van der Waals surface area contributed by atoms with Gasteiger partial charge < -0.3 is 5.11 Å². The molecule has 16 heavy (non-hydrogen) atoms. The number of Topliss-reactive ketones (excluding diaryl/α,β-unsaturated/α-hetero) is 1. The molecule has 0 aliphatic heterocycles. The van der Waals surface area contributed by atoms with E-state index in [-0.39, 0.29) is 0 Å². The molecule has 0 fully saturated rings. The molecule has 2 nitrogen and oxygen atoms in total. The summed E-state index contributed by atoms with van der Waals surface area (Å²) in [5, 5.41) is 8.53. The number of phenols is 1. The second-order valence-electron chi connectivity index (χ2n) is 2.90. The van der Waals surface area contributed by atoms with E-state index in [2.05, 4.69) is 0 Å². The lowest BCUT2D eigenvalue weighted by molar-refractivity contribution is -0.138. The maximum Gasteiger partial charge on any atom is 0.417 e. The average molecular weight is 273 g/mol. The van der Waals surface area contributed by atoms with Gasteiger partial charge in [-0.1, -0.05) is 11.6 Å². The van der Waals surface area contributed by atoms with Crippen molar-refractivity contribution in [2.75, 3.05) is 5.88 Å². The lowest BCUT2D eigenvalue weighted by atomic mass is 10.0. The molecular weight excluding hydrogens is 268 g/mol.